The van der Waals surface area contributed by atoms with Crippen LogP contribution in [0.2, 0.25) is 0 Å². The van der Waals surface area contributed by atoms with E-state index in [2.05, 4.69) is 22.0 Å². The Morgan fingerprint density at radius 2 is 1.93 bits per heavy atom. The summed E-state index contributed by atoms with van der Waals surface area (Å²) in [7, 11) is 0. The van der Waals surface area contributed by atoms with Crippen molar-refractivity contribution in [1.29, 1.82) is 0 Å². The molecule has 0 aliphatic carbocycles. The van der Waals surface area contributed by atoms with Gasteiger partial charge in [-0.25, -0.2) is 14.5 Å². The molecular weight excluding hydrogens is 340 g/mol. The number of aryl methyl sites for hydroxylation is 2. The number of hydrogen-bond donors (Lipinski definition) is 1. The van der Waals surface area contributed by atoms with Gasteiger partial charge in [0.2, 0.25) is 0 Å². The summed E-state index contributed by atoms with van der Waals surface area (Å²) in [6.07, 6.45) is 7.25. The molecule has 27 heavy (non-hydrogen) atoms. The molecule has 0 aliphatic rings. The zero-order valence-corrected chi connectivity index (χ0v) is 15.7. The molecule has 0 saturated carbocycles. The molecule has 2 heterocycles. The Bertz CT molecular complexity index is 916. The molecule has 2 aromatic heterocycles. The van der Waals surface area contributed by atoms with E-state index in [1.807, 2.05) is 35.9 Å². The van der Waals surface area contributed by atoms with E-state index in [0.29, 0.717) is 12.0 Å². The monoisotopic (exact) mass is 364 g/mol. The molecule has 0 unspecified atom stereocenters. The number of aromatic carboxylic acids is 1. The summed E-state index contributed by atoms with van der Waals surface area (Å²) < 4.78 is 2.00. The second kappa shape index (κ2) is 8.58. The highest BCUT2D eigenvalue weighted by Crippen LogP contribution is 2.24. The fraction of sp³-hybridized carbons (Fsp3) is 0.333. The molecule has 3 aromatic rings. The Kier molecular flexibility index (Phi) is 5.96. The largest absolute Gasteiger partial charge is 0.478 e. The first-order valence-electron chi connectivity index (χ1n) is 9.25. The molecule has 0 saturated heterocycles. The molecule has 1 N–H and O–H groups in total. The predicted molar refractivity (Wildman–Crippen MR) is 104 cm³/mol. The summed E-state index contributed by atoms with van der Waals surface area (Å²) in [5, 5.41) is 13.9. The van der Waals surface area contributed by atoms with E-state index < -0.39 is 5.97 Å². The van der Waals surface area contributed by atoms with Crippen LogP contribution in [0, 0.1) is 6.92 Å². The molecule has 0 atom stereocenters. The van der Waals surface area contributed by atoms with Crippen molar-refractivity contribution in [1.82, 2.24) is 19.7 Å². The standard InChI is InChI=1S/C21H24N4O2/c1-3-4-5-12-25-20(23-15(2)24-25)13-16-6-8-17(9-7-16)19-14-22-11-10-18(19)21(26)27/h6-11,14H,3-5,12-13H2,1-2H3,(H,26,27). The second-order valence-electron chi connectivity index (χ2n) is 6.61. The lowest BCUT2D eigenvalue weighted by molar-refractivity contribution is 0.0697. The van der Waals surface area contributed by atoms with Crippen molar-refractivity contribution in [3.8, 4) is 11.1 Å². The van der Waals surface area contributed by atoms with Crippen LogP contribution in [0.4, 0.5) is 0 Å². The maximum Gasteiger partial charge on any atom is 0.336 e. The van der Waals surface area contributed by atoms with E-state index in [4.69, 9.17) is 0 Å². The molecule has 0 fully saturated rings. The molecule has 140 valence electrons. The first-order valence-corrected chi connectivity index (χ1v) is 9.25. The number of carbonyl (C=O) groups is 1. The van der Waals surface area contributed by atoms with Gasteiger partial charge in [0.1, 0.15) is 11.6 Å². The lowest BCUT2D eigenvalue weighted by Crippen LogP contribution is -2.06. The van der Waals surface area contributed by atoms with Gasteiger partial charge in [0.15, 0.2) is 0 Å². The van der Waals surface area contributed by atoms with Crippen LogP contribution >= 0.6 is 0 Å². The summed E-state index contributed by atoms with van der Waals surface area (Å²) in [4.78, 5) is 20.0. The van der Waals surface area contributed by atoms with Gasteiger partial charge < -0.3 is 5.11 Å². The first kappa shape index (κ1) is 18.8. The number of rotatable bonds is 8. The number of aromatic nitrogens is 4. The quantitative estimate of drug-likeness (QED) is 0.608. The lowest BCUT2D eigenvalue weighted by Gasteiger charge is -2.08. The van der Waals surface area contributed by atoms with Gasteiger partial charge in [0, 0.05) is 30.9 Å². The van der Waals surface area contributed by atoms with Gasteiger partial charge in [-0.2, -0.15) is 5.10 Å². The maximum atomic E-state index is 11.4. The third kappa shape index (κ3) is 4.58. The van der Waals surface area contributed by atoms with E-state index in [1.165, 1.54) is 25.1 Å². The Labute approximate surface area is 158 Å². The van der Waals surface area contributed by atoms with Crippen molar-refractivity contribution < 1.29 is 9.90 Å². The maximum absolute atomic E-state index is 11.4. The summed E-state index contributed by atoms with van der Waals surface area (Å²) >= 11 is 0. The molecule has 3 rings (SSSR count). The first-order chi connectivity index (χ1) is 13.1. The molecule has 0 radical (unpaired) electrons. The van der Waals surface area contributed by atoms with Crippen molar-refractivity contribution >= 4 is 5.97 Å². The summed E-state index contributed by atoms with van der Waals surface area (Å²) in [6.45, 7) is 4.99. The second-order valence-corrected chi connectivity index (χ2v) is 6.61. The minimum absolute atomic E-state index is 0.254. The number of benzene rings is 1. The van der Waals surface area contributed by atoms with Gasteiger partial charge >= 0.3 is 5.97 Å². The van der Waals surface area contributed by atoms with E-state index in [-0.39, 0.29) is 5.56 Å². The van der Waals surface area contributed by atoms with Crippen LogP contribution in [0.1, 0.15) is 53.8 Å². The van der Waals surface area contributed by atoms with Gasteiger partial charge in [-0.05, 0) is 30.5 Å². The van der Waals surface area contributed by atoms with E-state index in [1.54, 1.807) is 6.20 Å². The topological polar surface area (TPSA) is 80.9 Å². The third-order valence-corrected chi connectivity index (χ3v) is 4.51. The number of carboxylic acids is 1. The highest BCUT2D eigenvalue weighted by molar-refractivity contribution is 5.95. The molecule has 6 nitrogen and oxygen atoms in total. The number of hydrogen-bond acceptors (Lipinski definition) is 4. The molecular formula is C21H24N4O2. The van der Waals surface area contributed by atoms with Gasteiger partial charge in [-0.1, -0.05) is 44.0 Å². The van der Waals surface area contributed by atoms with Crippen molar-refractivity contribution in [2.24, 2.45) is 0 Å². The van der Waals surface area contributed by atoms with Gasteiger partial charge in [0.05, 0.1) is 5.56 Å². The fourth-order valence-corrected chi connectivity index (χ4v) is 3.12. The average molecular weight is 364 g/mol. The average Bonchev–Trinajstić information content (AvgIpc) is 3.01. The van der Waals surface area contributed by atoms with Crippen LogP contribution in [0.5, 0.6) is 0 Å². The number of carboxylic acid groups (broad SMARTS) is 1. The van der Waals surface area contributed by atoms with Gasteiger partial charge in [-0.15, -0.1) is 0 Å². The highest BCUT2D eigenvalue weighted by Gasteiger charge is 2.12. The Morgan fingerprint density at radius 3 is 2.63 bits per heavy atom. The number of nitrogens with zero attached hydrogens (tertiary/aromatic N) is 4. The van der Waals surface area contributed by atoms with Crippen LogP contribution in [0.3, 0.4) is 0 Å². The van der Waals surface area contributed by atoms with Crippen LogP contribution in [0.25, 0.3) is 11.1 Å². The van der Waals surface area contributed by atoms with E-state index >= 15 is 0 Å². The highest BCUT2D eigenvalue weighted by atomic mass is 16.4. The number of pyridine rings is 1. The number of unbranched alkanes of at least 4 members (excludes halogenated alkanes) is 2. The van der Waals surface area contributed by atoms with Crippen LogP contribution in [-0.4, -0.2) is 30.8 Å². The molecule has 0 amide bonds. The summed E-state index contributed by atoms with van der Waals surface area (Å²) in [5.41, 5.74) is 2.83. The van der Waals surface area contributed by atoms with E-state index in [9.17, 15) is 9.90 Å². The Morgan fingerprint density at radius 1 is 1.15 bits per heavy atom. The fourth-order valence-electron chi connectivity index (χ4n) is 3.12. The lowest BCUT2D eigenvalue weighted by atomic mass is 10.00. The zero-order chi connectivity index (χ0) is 19.2. The van der Waals surface area contributed by atoms with Crippen LogP contribution in [-0.2, 0) is 13.0 Å². The van der Waals surface area contributed by atoms with Crippen LogP contribution < -0.4 is 0 Å². The molecule has 0 aliphatic heterocycles. The minimum Gasteiger partial charge on any atom is -0.478 e. The summed E-state index contributed by atoms with van der Waals surface area (Å²) in [5.74, 6) is 0.802. The molecule has 0 spiro atoms. The smallest absolute Gasteiger partial charge is 0.336 e. The van der Waals surface area contributed by atoms with Crippen molar-refractivity contribution in [3.05, 3.63) is 65.5 Å². The van der Waals surface area contributed by atoms with Crippen molar-refractivity contribution in [2.75, 3.05) is 0 Å². The third-order valence-electron chi connectivity index (χ3n) is 4.51. The Balaban J connectivity index is 1.78. The van der Waals surface area contributed by atoms with Crippen molar-refractivity contribution in [2.45, 2.75) is 46.1 Å². The van der Waals surface area contributed by atoms with Crippen molar-refractivity contribution in [3.63, 3.8) is 0 Å². The van der Waals surface area contributed by atoms with Gasteiger partial charge in [-0.3, -0.25) is 4.98 Å². The van der Waals surface area contributed by atoms with Crippen LogP contribution in [0.15, 0.2) is 42.7 Å². The minimum atomic E-state index is -0.952. The summed E-state index contributed by atoms with van der Waals surface area (Å²) in [6, 6.07) is 9.41. The zero-order valence-electron chi connectivity index (χ0n) is 15.7. The molecule has 6 heteroatoms. The van der Waals surface area contributed by atoms with E-state index in [0.717, 1.165) is 35.7 Å². The van der Waals surface area contributed by atoms with Gasteiger partial charge in [0.25, 0.3) is 0 Å². The molecule has 1 aromatic carbocycles. The predicted octanol–water partition coefficient (Wildman–Crippen LogP) is 4.13. The Hall–Kier alpha value is -3.02. The normalized spacial score (nSPS) is 10.9. The SMILES string of the molecule is CCCCCn1nc(C)nc1Cc1ccc(-c2cnccc2C(=O)O)cc1. The molecule has 0 bridgehead atoms.